The Hall–Kier alpha value is -3.88. The number of ether oxygens (including phenoxy) is 2. The Bertz CT molecular complexity index is 1280. The molecule has 0 aromatic heterocycles. The van der Waals surface area contributed by atoms with Gasteiger partial charge in [0.1, 0.15) is 29.3 Å². The van der Waals surface area contributed by atoms with E-state index in [1.165, 1.54) is 11.9 Å². The molecule has 43 heavy (non-hydrogen) atoms. The molecule has 3 amide bonds. The molecule has 3 unspecified atom stereocenters. The third kappa shape index (κ3) is 11.0. The Morgan fingerprint density at radius 1 is 0.814 bits per heavy atom. The second-order valence-corrected chi connectivity index (χ2v) is 13.3. The number of alkyl carbamates (subject to hydrolysis) is 1. The second kappa shape index (κ2) is 14.5. The van der Waals surface area contributed by atoms with Gasteiger partial charge >= 0.3 is 12.1 Å². The number of carbonyl (C=O) groups is 4. The molecule has 236 valence electrons. The fourth-order valence-electron chi connectivity index (χ4n) is 4.45. The minimum atomic E-state index is -1.10. The summed E-state index contributed by atoms with van der Waals surface area (Å²) in [7, 11) is 1.52. The molecule has 2 rings (SSSR count). The summed E-state index contributed by atoms with van der Waals surface area (Å²) >= 11 is 0. The average molecular weight is 596 g/mol. The van der Waals surface area contributed by atoms with Crippen molar-refractivity contribution in [1.29, 1.82) is 0 Å². The molecule has 0 aliphatic rings. The van der Waals surface area contributed by atoms with Gasteiger partial charge in [-0.3, -0.25) is 9.59 Å². The van der Waals surface area contributed by atoms with E-state index >= 15 is 0 Å². The summed E-state index contributed by atoms with van der Waals surface area (Å²) in [5.41, 5.74) is 1.86. The summed E-state index contributed by atoms with van der Waals surface area (Å²) in [6.07, 6.45) is -0.527. The van der Waals surface area contributed by atoms with Gasteiger partial charge in [0, 0.05) is 13.5 Å². The number of hydrogen-bond acceptors (Lipinski definition) is 6. The summed E-state index contributed by atoms with van der Waals surface area (Å²) in [6, 6.07) is 11.8. The van der Waals surface area contributed by atoms with Crippen molar-refractivity contribution in [1.82, 2.24) is 15.5 Å². The van der Waals surface area contributed by atoms with E-state index in [1.807, 2.05) is 56.3 Å². The lowest BCUT2D eigenvalue weighted by Gasteiger charge is -2.34. The molecule has 0 fully saturated rings. The zero-order valence-corrected chi connectivity index (χ0v) is 27.5. The highest BCUT2D eigenvalue weighted by Crippen LogP contribution is 2.25. The highest BCUT2D eigenvalue weighted by molar-refractivity contribution is 5.94. The van der Waals surface area contributed by atoms with Crippen molar-refractivity contribution < 1.29 is 28.7 Å². The van der Waals surface area contributed by atoms with Crippen molar-refractivity contribution in [2.45, 2.75) is 105 Å². The standard InChI is InChI=1S/C34H49N3O6/c1-21(2)27(36-32(41)43-34(8,9)10)30(39)37(11)28(25-18-17-22(3)23(4)19-25)29(38)35-26(31(40)42-33(5,6)7)20-24-15-13-12-14-16-24/h12-19,21,26-28H,20H2,1-11H3,(H,35,38)(H,36,41). The van der Waals surface area contributed by atoms with Crippen LogP contribution in [-0.2, 0) is 30.3 Å². The van der Waals surface area contributed by atoms with Crippen molar-refractivity contribution in [2.24, 2.45) is 5.92 Å². The molecule has 0 radical (unpaired) electrons. The number of likely N-dealkylation sites (N-methyl/N-ethyl adjacent to an activating group) is 1. The van der Waals surface area contributed by atoms with Crippen LogP contribution >= 0.6 is 0 Å². The summed E-state index contributed by atoms with van der Waals surface area (Å²) in [6.45, 7) is 18.0. The molecule has 0 saturated heterocycles. The molecule has 0 saturated carbocycles. The van der Waals surface area contributed by atoms with Gasteiger partial charge in [-0.1, -0.05) is 62.4 Å². The minimum absolute atomic E-state index is 0.202. The number of esters is 1. The number of amides is 3. The van der Waals surface area contributed by atoms with Gasteiger partial charge < -0.3 is 25.0 Å². The summed E-state index contributed by atoms with van der Waals surface area (Å²) < 4.78 is 11.1. The zero-order valence-electron chi connectivity index (χ0n) is 27.5. The van der Waals surface area contributed by atoms with Gasteiger partial charge in [0.05, 0.1) is 0 Å². The van der Waals surface area contributed by atoms with E-state index in [-0.39, 0.29) is 12.3 Å². The van der Waals surface area contributed by atoms with Crippen LogP contribution in [0.4, 0.5) is 4.79 Å². The fourth-order valence-corrected chi connectivity index (χ4v) is 4.45. The first-order valence-electron chi connectivity index (χ1n) is 14.7. The number of rotatable bonds is 10. The van der Waals surface area contributed by atoms with Crippen LogP contribution in [0.2, 0.25) is 0 Å². The lowest BCUT2D eigenvalue weighted by molar-refractivity contribution is -0.159. The molecule has 9 nitrogen and oxygen atoms in total. The number of hydrogen-bond donors (Lipinski definition) is 2. The van der Waals surface area contributed by atoms with E-state index in [1.54, 1.807) is 61.5 Å². The average Bonchev–Trinajstić information content (AvgIpc) is 2.87. The predicted octanol–water partition coefficient (Wildman–Crippen LogP) is 5.42. The van der Waals surface area contributed by atoms with Crippen LogP contribution in [0.3, 0.4) is 0 Å². The normalized spacial score (nSPS) is 13.9. The number of nitrogens with zero attached hydrogens (tertiary/aromatic N) is 1. The van der Waals surface area contributed by atoms with Crippen LogP contribution in [0.25, 0.3) is 0 Å². The maximum absolute atomic E-state index is 14.1. The first kappa shape index (κ1) is 35.3. The predicted molar refractivity (Wildman–Crippen MR) is 167 cm³/mol. The molecule has 0 heterocycles. The van der Waals surface area contributed by atoms with E-state index < -0.39 is 53.2 Å². The molecule has 0 aliphatic heterocycles. The highest BCUT2D eigenvalue weighted by Gasteiger charge is 2.37. The quantitative estimate of drug-likeness (QED) is 0.355. The fraction of sp³-hybridized carbons (Fsp3) is 0.529. The van der Waals surface area contributed by atoms with Gasteiger partial charge in [0.25, 0.3) is 0 Å². The molecule has 2 N–H and O–H groups in total. The lowest BCUT2D eigenvalue weighted by Crippen LogP contribution is -2.55. The Balaban J connectivity index is 2.50. The Morgan fingerprint density at radius 2 is 1.40 bits per heavy atom. The van der Waals surface area contributed by atoms with Crippen LogP contribution in [0.1, 0.15) is 83.7 Å². The smallest absolute Gasteiger partial charge is 0.408 e. The van der Waals surface area contributed by atoms with Crippen LogP contribution in [0.5, 0.6) is 0 Å². The second-order valence-electron chi connectivity index (χ2n) is 13.3. The first-order valence-corrected chi connectivity index (χ1v) is 14.7. The number of carbonyl (C=O) groups excluding carboxylic acids is 4. The molecule has 2 aromatic rings. The van der Waals surface area contributed by atoms with Gasteiger partial charge in [-0.15, -0.1) is 0 Å². The summed E-state index contributed by atoms with van der Waals surface area (Å²) in [4.78, 5) is 55.3. The van der Waals surface area contributed by atoms with Gasteiger partial charge in [-0.05, 0) is 83.6 Å². The van der Waals surface area contributed by atoms with E-state index in [0.717, 1.165) is 16.7 Å². The molecule has 0 aliphatic carbocycles. The third-order valence-electron chi connectivity index (χ3n) is 6.73. The van der Waals surface area contributed by atoms with Crippen LogP contribution in [-0.4, -0.2) is 59.1 Å². The zero-order chi connectivity index (χ0) is 32.7. The summed E-state index contributed by atoms with van der Waals surface area (Å²) in [5.74, 6) is -1.91. The van der Waals surface area contributed by atoms with E-state index in [9.17, 15) is 19.2 Å². The maximum atomic E-state index is 14.1. The van der Waals surface area contributed by atoms with Crippen molar-refractivity contribution >= 4 is 23.9 Å². The van der Waals surface area contributed by atoms with E-state index in [2.05, 4.69) is 10.6 Å². The third-order valence-corrected chi connectivity index (χ3v) is 6.73. The van der Waals surface area contributed by atoms with Crippen LogP contribution in [0, 0.1) is 19.8 Å². The van der Waals surface area contributed by atoms with Crippen molar-refractivity contribution in [3.63, 3.8) is 0 Å². The molecule has 9 heteroatoms. The number of benzene rings is 2. The van der Waals surface area contributed by atoms with Gasteiger partial charge in [-0.2, -0.15) is 0 Å². The molecule has 3 atom stereocenters. The Morgan fingerprint density at radius 3 is 1.91 bits per heavy atom. The Kier molecular flexibility index (Phi) is 11.9. The molecule has 2 aromatic carbocycles. The summed E-state index contributed by atoms with van der Waals surface area (Å²) in [5, 5.41) is 5.56. The van der Waals surface area contributed by atoms with Gasteiger partial charge in [-0.25, -0.2) is 9.59 Å². The first-order chi connectivity index (χ1) is 19.8. The van der Waals surface area contributed by atoms with E-state index in [0.29, 0.717) is 5.56 Å². The number of aryl methyl sites for hydroxylation is 2. The van der Waals surface area contributed by atoms with Crippen molar-refractivity contribution in [2.75, 3.05) is 7.05 Å². The van der Waals surface area contributed by atoms with Crippen molar-refractivity contribution in [3.8, 4) is 0 Å². The minimum Gasteiger partial charge on any atom is -0.458 e. The molecular formula is C34H49N3O6. The van der Waals surface area contributed by atoms with Crippen molar-refractivity contribution in [3.05, 3.63) is 70.8 Å². The van der Waals surface area contributed by atoms with Gasteiger partial charge in [0.15, 0.2) is 0 Å². The molecule has 0 spiro atoms. The largest absolute Gasteiger partial charge is 0.458 e. The monoisotopic (exact) mass is 595 g/mol. The highest BCUT2D eigenvalue weighted by atomic mass is 16.6. The Labute approximate surface area is 256 Å². The van der Waals surface area contributed by atoms with Gasteiger partial charge in [0.2, 0.25) is 11.8 Å². The molecular weight excluding hydrogens is 546 g/mol. The number of nitrogens with one attached hydrogen (secondary N) is 2. The van der Waals surface area contributed by atoms with Crippen LogP contribution < -0.4 is 10.6 Å². The topological polar surface area (TPSA) is 114 Å². The maximum Gasteiger partial charge on any atom is 0.408 e. The van der Waals surface area contributed by atoms with Crippen LogP contribution in [0.15, 0.2) is 48.5 Å². The SMILES string of the molecule is Cc1ccc(C(C(=O)NC(Cc2ccccc2)C(=O)OC(C)(C)C)N(C)C(=O)C(NC(=O)OC(C)(C)C)C(C)C)cc1C. The molecule has 0 bridgehead atoms. The lowest BCUT2D eigenvalue weighted by atomic mass is 9.96. The van der Waals surface area contributed by atoms with E-state index in [4.69, 9.17) is 9.47 Å².